The average molecular weight is 325 g/mol. The van der Waals surface area contributed by atoms with Crippen LogP contribution in [-0.4, -0.2) is 26.1 Å². The van der Waals surface area contributed by atoms with E-state index in [-0.39, 0.29) is 10.0 Å². The summed E-state index contributed by atoms with van der Waals surface area (Å²) in [7, 11) is -4.23. The maximum absolute atomic E-state index is 12.0. The minimum atomic E-state index is -4.61. The summed E-state index contributed by atoms with van der Waals surface area (Å²) in [6.45, 7) is -1.62. The van der Waals surface area contributed by atoms with Gasteiger partial charge in [-0.3, -0.25) is 0 Å². The number of sulfonamides is 1. The number of hydrogen-bond acceptors (Lipinski definition) is 3. The molecule has 0 saturated carbocycles. The van der Waals surface area contributed by atoms with Gasteiger partial charge in [-0.25, -0.2) is 18.1 Å². The fourth-order valence-electron chi connectivity index (χ4n) is 1.51. The zero-order chi connectivity index (χ0) is 15.0. The number of nitrogens with zero attached hydrogens (tertiary/aromatic N) is 1. The van der Waals surface area contributed by atoms with Gasteiger partial charge in [-0.1, -0.05) is 11.6 Å². The van der Waals surface area contributed by atoms with Crippen LogP contribution in [0.2, 0.25) is 5.15 Å². The highest BCUT2D eigenvalue weighted by Gasteiger charge is 2.30. The van der Waals surface area contributed by atoms with E-state index in [1.165, 1.54) is 35.1 Å². The van der Waals surface area contributed by atoms with Crippen LogP contribution in [0.3, 0.4) is 0 Å². The molecule has 4 nitrogen and oxygen atoms in total. The number of hydrogen-bond donors (Lipinski definition) is 1. The molecule has 1 N–H and O–H groups in total. The molecular weight excluding hydrogens is 317 g/mol. The van der Waals surface area contributed by atoms with Gasteiger partial charge in [0.05, 0.1) is 10.4 Å². The van der Waals surface area contributed by atoms with E-state index in [9.17, 15) is 21.6 Å². The molecule has 1 heterocycles. The molecule has 1 aromatic heterocycles. The van der Waals surface area contributed by atoms with Gasteiger partial charge >= 0.3 is 6.18 Å². The van der Waals surface area contributed by atoms with E-state index in [4.69, 9.17) is 11.6 Å². The molecule has 2 aromatic rings. The largest absolute Gasteiger partial charge is 0.402 e. The Morgan fingerprint density at radius 2 is 1.90 bits per heavy atom. The summed E-state index contributed by atoms with van der Waals surface area (Å²) in [5.41, 5.74) is 0.451. The number of alkyl halides is 3. The third kappa shape index (κ3) is 3.59. The Kier molecular flexibility index (Phi) is 3.90. The molecule has 0 atom stereocenters. The highest BCUT2D eigenvalue weighted by molar-refractivity contribution is 7.89. The lowest BCUT2D eigenvalue weighted by Crippen LogP contribution is -2.33. The fourth-order valence-corrected chi connectivity index (χ4v) is 2.71. The van der Waals surface area contributed by atoms with Gasteiger partial charge in [0.2, 0.25) is 10.0 Å². The van der Waals surface area contributed by atoms with Crippen molar-refractivity contribution in [3.63, 3.8) is 0 Å². The van der Waals surface area contributed by atoms with Crippen LogP contribution in [0.4, 0.5) is 13.2 Å². The second-order valence-corrected chi connectivity index (χ2v) is 6.08. The number of nitrogens with one attached hydrogen (secondary N) is 1. The summed E-state index contributed by atoms with van der Waals surface area (Å²) in [6, 6.07) is 6.78. The van der Waals surface area contributed by atoms with Crippen molar-refractivity contribution in [2.45, 2.75) is 11.1 Å². The number of fused-ring (bicyclic) bond motifs is 1. The first-order valence-corrected chi connectivity index (χ1v) is 7.16. The summed E-state index contributed by atoms with van der Waals surface area (Å²) in [6.07, 6.45) is -4.61. The van der Waals surface area contributed by atoms with Crippen LogP contribution in [0.25, 0.3) is 10.9 Å². The van der Waals surface area contributed by atoms with E-state index >= 15 is 0 Å². The molecule has 1 aromatic carbocycles. The molecule has 0 unspecified atom stereocenters. The fraction of sp³-hybridized carbons (Fsp3) is 0.182. The van der Waals surface area contributed by atoms with E-state index in [0.717, 1.165) is 0 Å². The van der Waals surface area contributed by atoms with Crippen molar-refractivity contribution in [1.82, 2.24) is 9.71 Å². The van der Waals surface area contributed by atoms with Crippen LogP contribution >= 0.6 is 11.6 Å². The molecule has 0 spiro atoms. The normalized spacial score (nSPS) is 12.8. The van der Waals surface area contributed by atoms with Gasteiger partial charge < -0.3 is 0 Å². The first kappa shape index (κ1) is 15.0. The van der Waals surface area contributed by atoms with E-state index in [0.29, 0.717) is 10.9 Å². The van der Waals surface area contributed by atoms with Crippen LogP contribution in [0.15, 0.2) is 35.2 Å². The molecule has 0 radical (unpaired) electrons. The van der Waals surface area contributed by atoms with Crippen LogP contribution in [0, 0.1) is 0 Å². The SMILES string of the molecule is O=S(=O)(NCC(F)(F)F)c1ccc2nc(Cl)ccc2c1. The number of rotatable bonds is 3. The zero-order valence-corrected chi connectivity index (χ0v) is 11.4. The number of aromatic nitrogens is 1. The minimum absolute atomic E-state index is 0.239. The van der Waals surface area contributed by atoms with Crippen molar-refractivity contribution < 1.29 is 21.6 Å². The van der Waals surface area contributed by atoms with Crippen molar-refractivity contribution in [1.29, 1.82) is 0 Å². The second kappa shape index (κ2) is 5.19. The van der Waals surface area contributed by atoms with Crippen molar-refractivity contribution >= 4 is 32.5 Å². The standard InChI is InChI=1S/C11H8ClF3N2O2S/c12-10-4-1-7-5-8(2-3-9(7)17-10)20(18,19)16-6-11(13,14)15/h1-5,16H,6H2. The van der Waals surface area contributed by atoms with Gasteiger partial charge in [0.15, 0.2) is 0 Å². The van der Waals surface area contributed by atoms with Gasteiger partial charge in [0.1, 0.15) is 11.7 Å². The highest BCUT2D eigenvalue weighted by Crippen LogP contribution is 2.20. The molecule has 0 saturated heterocycles. The predicted molar refractivity (Wildman–Crippen MR) is 68.0 cm³/mol. The molecular formula is C11H8ClF3N2O2S. The first-order valence-electron chi connectivity index (χ1n) is 5.30. The molecule has 0 amide bonds. The van der Waals surface area contributed by atoms with Gasteiger partial charge in [-0.15, -0.1) is 0 Å². The molecule has 9 heteroatoms. The molecule has 0 aliphatic rings. The zero-order valence-electron chi connectivity index (χ0n) is 9.78. The van der Waals surface area contributed by atoms with E-state index < -0.39 is 22.7 Å². The Hall–Kier alpha value is -1.38. The van der Waals surface area contributed by atoms with Crippen LogP contribution < -0.4 is 4.72 Å². The van der Waals surface area contributed by atoms with Crippen LogP contribution in [0.5, 0.6) is 0 Å². The smallest absolute Gasteiger partial charge is 0.236 e. The summed E-state index contributed by atoms with van der Waals surface area (Å²) < 4.78 is 61.1. The lowest BCUT2D eigenvalue weighted by atomic mass is 10.2. The number of halogens is 4. The van der Waals surface area contributed by atoms with Gasteiger partial charge in [0.25, 0.3) is 0 Å². The highest BCUT2D eigenvalue weighted by atomic mass is 35.5. The topological polar surface area (TPSA) is 59.1 Å². The minimum Gasteiger partial charge on any atom is -0.236 e. The quantitative estimate of drug-likeness (QED) is 0.883. The Bertz CT molecular complexity index is 747. The van der Waals surface area contributed by atoms with Gasteiger partial charge in [-0.05, 0) is 30.3 Å². The Labute approximate surface area is 117 Å². The third-order valence-corrected chi connectivity index (χ3v) is 4.01. The van der Waals surface area contributed by atoms with E-state index in [1.54, 1.807) is 0 Å². The maximum Gasteiger partial charge on any atom is 0.402 e. The van der Waals surface area contributed by atoms with E-state index in [1.807, 2.05) is 0 Å². The molecule has 108 valence electrons. The molecule has 20 heavy (non-hydrogen) atoms. The van der Waals surface area contributed by atoms with Crippen LogP contribution in [-0.2, 0) is 10.0 Å². The lowest BCUT2D eigenvalue weighted by Gasteiger charge is -2.09. The third-order valence-electron chi connectivity index (χ3n) is 2.40. The first-order chi connectivity index (χ1) is 9.17. The second-order valence-electron chi connectivity index (χ2n) is 3.93. The maximum atomic E-state index is 12.0. The summed E-state index contributed by atoms with van der Waals surface area (Å²) in [5, 5.41) is 0.701. The Balaban J connectivity index is 2.35. The monoisotopic (exact) mass is 324 g/mol. The molecule has 2 rings (SSSR count). The lowest BCUT2D eigenvalue weighted by molar-refractivity contribution is -0.121. The van der Waals surface area contributed by atoms with Crippen molar-refractivity contribution in [2.75, 3.05) is 6.54 Å². The molecule has 0 bridgehead atoms. The van der Waals surface area contributed by atoms with Crippen LogP contribution in [0.1, 0.15) is 0 Å². The number of pyridine rings is 1. The molecule has 0 aliphatic heterocycles. The van der Waals surface area contributed by atoms with Crippen molar-refractivity contribution in [3.05, 3.63) is 35.5 Å². The van der Waals surface area contributed by atoms with Gasteiger partial charge in [0, 0.05) is 5.39 Å². The molecule has 0 fully saturated rings. The van der Waals surface area contributed by atoms with Gasteiger partial charge in [-0.2, -0.15) is 13.2 Å². The Morgan fingerprint density at radius 1 is 1.20 bits per heavy atom. The van der Waals surface area contributed by atoms with E-state index in [2.05, 4.69) is 4.98 Å². The molecule has 0 aliphatic carbocycles. The van der Waals surface area contributed by atoms with Crippen molar-refractivity contribution in [2.24, 2.45) is 0 Å². The summed E-state index contributed by atoms with van der Waals surface area (Å²) >= 11 is 5.68. The predicted octanol–water partition coefficient (Wildman–Crippen LogP) is 2.73. The average Bonchev–Trinajstić information content (AvgIpc) is 2.35. The Morgan fingerprint density at radius 3 is 2.55 bits per heavy atom. The number of benzene rings is 1. The summed E-state index contributed by atoms with van der Waals surface area (Å²) in [5.74, 6) is 0. The summed E-state index contributed by atoms with van der Waals surface area (Å²) in [4.78, 5) is 3.69. The van der Waals surface area contributed by atoms with Crippen molar-refractivity contribution in [3.8, 4) is 0 Å².